The number of nitrogens with one attached hydrogen (secondary N) is 2. The van der Waals surface area contributed by atoms with Gasteiger partial charge in [0.1, 0.15) is 12.2 Å². The maximum Gasteiger partial charge on any atom is 0.191 e. The van der Waals surface area contributed by atoms with Crippen molar-refractivity contribution in [3.05, 3.63) is 34.0 Å². The zero-order valence-corrected chi connectivity index (χ0v) is 13.6. The van der Waals surface area contributed by atoms with Crippen LogP contribution in [0.1, 0.15) is 22.5 Å². The summed E-state index contributed by atoms with van der Waals surface area (Å²) in [6.45, 7) is 6.61. The van der Waals surface area contributed by atoms with Gasteiger partial charge in [-0.3, -0.25) is 4.99 Å². The van der Waals surface area contributed by atoms with Crippen LogP contribution in [0.3, 0.4) is 0 Å². The van der Waals surface area contributed by atoms with Gasteiger partial charge in [-0.15, -0.1) is 21.5 Å². The fourth-order valence-electron chi connectivity index (χ4n) is 2.01. The van der Waals surface area contributed by atoms with Crippen molar-refractivity contribution < 1.29 is 0 Å². The molecule has 0 saturated carbocycles. The maximum absolute atomic E-state index is 4.23. The van der Waals surface area contributed by atoms with Crippen LogP contribution in [-0.4, -0.2) is 34.3 Å². The van der Waals surface area contributed by atoms with Crippen molar-refractivity contribution in [2.75, 3.05) is 13.6 Å². The van der Waals surface area contributed by atoms with Crippen LogP contribution in [0.25, 0.3) is 0 Å². The molecule has 0 amide bonds. The molecule has 0 aliphatic rings. The van der Waals surface area contributed by atoms with E-state index in [2.05, 4.69) is 56.4 Å². The Morgan fingerprint density at radius 1 is 1.38 bits per heavy atom. The smallest absolute Gasteiger partial charge is 0.191 e. The lowest BCUT2D eigenvalue weighted by molar-refractivity contribution is 0.633. The van der Waals surface area contributed by atoms with Crippen molar-refractivity contribution in [1.82, 2.24) is 25.4 Å². The van der Waals surface area contributed by atoms with E-state index in [1.165, 1.54) is 9.75 Å². The second kappa shape index (κ2) is 7.78. The number of aryl methyl sites for hydroxylation is 2. The van der Waals surface area contributed by atoms with Crippen LogP contribution in [-0.2, 0) is 19.5 Å². The third kappa shape index (κ3) is 4.56. The summed E-state index contributed by atoms with van der Waals surface area (Å²) in [6.07, 6.45) is 2.66. The summed E-state index contributed by atoms with van der Waals surface area (Å²) < 4.78 is 2.06. The molecule has 0 atom stereocenters. The van der Waals surface area contributed by atoms with E-state index in [0.29, 0.717) is 0 Å². The van der Waals surface area contributed by atoms with Crippen molar-refractivity contribution in [3.8, 4) is 0 Å². The maximum atomic E-state index is 4.23. The van der Waals surface area contributed by atoms with Gasteiger partial charge < -0.3 is 15.2 Å². The van der Waals surface area contributed by atoms with Gasteiger partial charge in [0.05, 0.1) is 6.54 Å². The third-order valence-corrected chi connectivity index (χ3v) is 4.11. The second-order valence-electron chi connectivity index (χ2n) is 4.66. The minimum atomic E-state index is 0.786. The zero-order chi connectivity index (χ0) is 15.1. The van der Waals surface area contributed by atoms with E-state index in [-0.39, 0.29) is 0 Å². The predicted octanol–water partition coefficient (Wildman–Crippen LogP) is 1.58. The number of guanidine groups is 1. The minimum absolute atomic E-state index is 0.786. The van der Waals surface area contributed by atoms with Gasteiger partial charge >= 0.3 is 0 Å². The first-order valence-electron chi connectivity index (χ1n) is 7.09. The lowest BCUT2D eigenvalue weighted by Gasteiger charge is -2.12. The molecule has 21 heavy (non-hydrogen) atoms. The third-order valence-electron chi connectivity index (χ3n) is 3.11. The lowest BCUT2D eigenvalue weighted by atomic mass is 10.4. The Bertz CT molecular complexity index is 586. The van der Waals surface area contributed by atoms with E-state index in [1.807, 2.05) is 0 Å². The highest BCUT2D eigenvalue weighted by Gasteiger charge is 2.03. The molecule has 0 saturated heterocycles. The minimum Gasteiger partial charge on any atom is -0.355 e. The normalized spacial score (nSPS) is 11.7. The van der Waals surface area contributed by atoms with Crippen LogP contribution in [0, 0.1) is 6.92 Å². The molecule has 0 unspecified atom stereocenters. The Morgan fingerprint density at radius 3 is 2.90 bits per heavy atom. The number of hydrogen-bond acceptors (Lipinski definition) is 4. The van der Waals surface area contributed by atoms with Crippen LogP contribution in [0.4, 0.5) is 0 Å². The summed E-state index contributed by atoms with van der Waals surface area (Å²) in [6, 6.07) is 4.28. The molecule has 2 aromatic rings. The molecule has 0 bridgehead atoms. The summed E-state index contributed by atoms with van der Waals surface area (Å²) >= 11 is 1.80. The van der Waals surface area contributed by atoms with Crippen LogP contribution in [0.15, 0.2) is 23.5 Å². The fourth-order valence-corrected chi connectivity index (χ4v) is 2.84. The number of hydrogen-bond donors (Lipinski definition) is 2. The predicted molar refractivity (Wildman–Crippen MR) is 86.7 cm³/mol. The lowest BCUT2D eigenvalue weighted by Crippen LogP contribution is -2.38. The molecular weight excluding hydrogens is 284 g/mol. The summed E-state index contributed by atoms with van der Waals surface area (Å²) in [5.41, 5.74) is 0. The van der Waals surface area contributed by atoms with E-state index in [4.69, 9.17) is 0 Å². The van der Waals surface area contributed by atoms with Crippen LogP contribution in [0.2, 0.25) is 0 Å². The quantitative estimate of drug-likeness (QED) is 0.628. The van der Waals surface area contributed by atoms with Crippen molar-refractivity contribution in [2.45, 2.75) is 33.4 Å². The van der Waals surface area contributed by atoms with Crippen LogP contribution in [0.5, 0.6) is 0 Å². The molecule has 2 rings (SSSR count). The monoisotopic (exact) mass is 306 g/mol. The summed E-state index contributed by atoms with van der Waals surface area (Å²) in [4.78, 5) is 6.87. The van der Waals surface area contributed by atoms with Crippen molar-refractivity contribution in [1.29, 1.82) is 0 Å². The van der Waals surface area contributed by atoms with Gasteiger partial charge in [-0.25, -0.2) is 0 Å². The van der Waals surface area contributed by atoms with Gasteiger partial charge in [-0.2, -0.15) is 0 Å². The van der Waals surface area contributed by atoms with Crippen molar-refractivity contribution in [3.63, 3.8) is 0 Å². The Kier molecular flexibility index (Phi) is 5.74. The Balaban J connectivity index is 1.75. The standard InChI is InChI=1S/C14H22N6S/c1-4-13-19-18-10-20(13)8-7-16-14(15-3)17-9-12-6-5-11(2)21-12/h5-6,10H,4,7-9H2,1-3H3,(H2,15,16,17). The number of aromatic nitrogens is 3. The van der Waals surface area contributed by atoms with Crippen LogP contribution < -0.4 is 10.6 Å². The molecule has 0 spiro atoms. The largest absolute Gasteiger partial charge is 0.355 e. The van der Waals surface area contributed by atoms with Crippen LogP contribution >= 0.6 is 11.3 Å². The van der Waals surface area contributed by atoms with Gasteiger partial charge in [-0.05, 0) is 19.1 Å². The summed E-state index contributed by atoms with van der Waals surface area (Å²) in [5, 5.41) is 14.6. The molecule has 114 valence electrons. The average Bonchev–Trinajstić information content (AvgIpc) is 3.11. The molecule has 0 aliphatic carbocycles. The molecule has 7 heteroatoms. The highest BCUT2D eigenvalue weighted by atomic mass is 32.1. The van der Waals surface area contributed by atoms with Crippen molar-refractivity contribution in [2.24, 2.45) is 4.99 Å². The van der Waals surface area contributed by atoms with Gasteiger partial charge in [0.25, 0.3) is 0 Å². The fraction of sp³-hybridized carbons (Fsp3) is 0.500. The molecule has 2 aromatic heterocycles. The molecule has 6 nitrogen and oxygen atoms in total. The Labute approximate surface area is 129 Å². The highest BCUT2D eigenvalue weighted by molar-refractivity contribution is 7.11. The SMILES string of the molecule is CCc1nncn1CCNC(=NC)NCc1ccc(C)s1. The van der Waals surface area contributed by atoms with E-state index >= 15 is 0 Å². The van der Waals surface area contributed by atoms with Gasteiger partial charge in [0.15, 0.2) is 5.96 Å². The number of nitrogens with zero attached hydrogens (tertiary/aromatic N) is 4. The average molecular weight is 306 g/mol. The first-order valence-corrected chi connectivity index (χ1v) is 7.91. The van der Waals surface area contributed by atoms with E-state index in [9.17, 15) is 0 Å². The number of thiophene rings is 1. The molecule has 0 aliphatic heterocycles. The van der Waals surface area contributed by atoms with Gasteiger partial charge in [-0.1, -0.05) is 6.92 Å². The number of aliphatic imine (C=N–C) groups is 1. The van der Waals surface area contributed by atoms with Gasteiger partial charge in [0.2, 0.25) is 0 Å². The molecule has 2 heterocycles. The second-order valence-corrected chi connectivity index (χ2v) is 6.03. The van der Waals surface area contributed by atoms with E-state index < -0.39 is 0 Å². The van der Waals surface area contributed by atoms with E-state index in [0.717, 1.165) is 37.8 Å². The Morgan fingerprint density at radius 2 is 2.24 bits per heavy atom. The Hall–Kier alpha value is -1.89. The first-order chi connectivity index (χ1) is 10.2. The molecular formula is C14H22N6S. The topological polar surface area (TPSA) is 67.1 Å². The molecule has 2 N–H and O–H groups in total. The summed E-state index contributed by atoms with van der Waals surface area (Å²) in [5.74, 6) is 1.82. The molecule has 0 radical (unpaired) electrons. The van der Waals surface area contributed by atoms with E-state index in [1.54, 1.807) is 24.7 Å². The first kappa shape index (κ1) is 15.5. The van der Waals surface area contributed by atoms with Crippen molar-refractivity contribution >= 4 is 17.3 Å². The highest BCUT2D eigenvalue weighted by Crippen LogP contribution is 2.14. The van der Waals surface area contributed by atoms with Gasteiger partial charge in [0, 0.05) is 36.3 Å². The number of rotatable bonds is 6. The zero-order valence-electron chi connectivity index (χ0n) is 12.8. The molecule has 0 aromatic carbocycles. The molecule has 0 fully saturated rings. The summed E-state index contributed by atoms with van der Waals surface area (Å²) in [7, 11) is 1.78.